The van der Waals surface area contributed by atoms with Gasteiger partial charge in [-0.1, -0.05) is 54.1 Å². The predicted molar refractivity (Wildman–Crippen MR) is 90.5 cm³/mol. The van der Waals surface area contributed by atoms with Crippen LogP contribution >= 0.6 is 11.6 Å². The molecule has 0 saturated heterocycles. The first-order valence-corrected chi connectivity index (χ1v) is 7.82. The standard InChI is InChI=1S/C19H13ClF3NO/c20-17-10-9-16(25-12-13-5-2-1-3-6-13)18(24-17)14-7-4-8-15(11-14)19(21,22)23/h1-11H,12H2. The van der Waals surface area contributed by atoms with E-state index in [1.807, 2.05) is 30.3 Å². The maximum Gasteiger partial charge on any atom is 0.416 e. The normalized spacial score (nSPS) is 11.4. The smallest absolute Gasteiger partial charge is 0.416 e. The summed E-state index contributed by atoms with van der Waals surface area (Å²) in [7, 11) is 0. The van der Waals surface area contributed by atoms with E-state index in [9.17, 15) is 13.2 Å². The Bertz CT molecular complexity index is 866. The SMILES string of the molecule is FC(F)(F)c1cccc(-c2nc(Cl)ccc2OCc2ccccc2)c1. The van der Waals surface area contributed by atoms with Gasteiger partial charge in [0.25, 0.3) is 0 Å². The Morgan fingerprint density at radius 1 is 0.920 bits per heavy atom. The molecule has 2 aromatic carbocycles. The predicted octanol–water partition coefficient (Wildman–Crippen LogP) is 6.00. The summed E-state index contributed by atoms with van der Waals surface area (Å²) in [4.78, 5) is 4.15. The molecule has 0 radical (unpaired) electrons. The van der Waals surface area contributed by atoms with Crippen molar-refractivity contribution >= 4 is 11.6 Å². The van der Waals surface area contributed by atoms with E-state index in [2.05, 4.69) is 4.98 Å². The van der Waals surface area contributed by atoms with Crippen LogP contribution in [0.15, 0.2) is 66.7 Å². The van der Waals surface area contributed by atoms with E-state index in [1.165, 1.54) is 6.07 Å². The number of aromatic nitrogens is 1. The average molecular weight is 364 g/mol. The van der Waals surface area contributed by atoms with Crippen molar-refractivity contribution < 1.29 is 17.9 Å². The van der Waals surface area contributed by atoms with E-state index in [1.54, 1.807) is 18.2 Å². The van der Waals surface area contributed by atoms with Gasteiger partial charge in [-0.2, -0.15) is 13.2 Å². The zero-order valence-corrected chi connectivity index (χ0v) is 13.7. The number of nitrogens with zero attached hydrogens (tertiary/aromatic N) is 1. The Kier molecular flexibility index (Phi) is 4.95. The van der Waals surface area contributed by atoms with Crippen molar-refractivity contribution in [1.82, 2.24) is 4.98 Å². The highest BCUT2D eigenvalue weighted by atomic mass is 35.5. The van der Waals surface area contributed by atoms with Crippen LogP contribution in [-0.2, 0) is 12.8 Å². The number of benzene rings is 2. The zero-order valence-electron chi connectivity index (χ0n) is 12.9. The monoisotopic (exact) mass is 363 g/mol. The maximum absolute atomic E-state index is 13.0. The number of hydrogen-bond donors (Lipinski definition) is 0. The number of hydrogen-bond acceptors (Lipinski definition) is 2. The molecular weight excluding hydrogens is 351 g/mol. The lowest BCUT2D eigenvalue weighted by Crippen LogP contribution is -2.05. The summed E-state index contributed by atoms with van der Waals surface area (Å²) in [6.45, 7) is 0.274. The Morgan fingerprint density at radius 3 is 2.40 bits per heavy atom. The van der Waals surface area contributed by atoms with Gasteiger partial charge in [0.05, 0.1) is 5.56 Å². The highest BCUT2D eigenvalue weighted by Crippen LogP contribution is 2.35. The van der Waals surface area contributed by atoms with Gasteiger partial charge < -0.3 is 4.74 Å². The minimum atomic E-state index is -4.43. The number of alkyl halides is 3. The van der Waals surface area contributed by atoms with Crippen molar-refractivity contribution in [3.63, 3.8) is 0 Å². The summed E-state index contributed by atoms with van der Waals surface area (Å²) in [6, 6.07) is 17.5. The molecule has 0 unspecified atom stereocenters. The molecular formula is C19H13ClF3NO. The first kappa shape index (κ1) is 17.3. The first-order valence-electron chi connectivity index (χ1n) is 7.44. The van der Waals surface area contributed by atoms with E-state index in [-0.39, 0.29) is 17.5 Å². The fraction of sp³-hybridized carbons (Fsp3) is 0.105. The fourth-order valence-electron chi connectivity index (χ4n) is 2.32. The minimum Gasteiger partial charge on any atom is -0.487 e. The number of halogens is 4. The molecule has 0 aliphatic carbocycles. The van der Waals surface area contributed by atoms with Gasteiger partial charge in [-0.25, -0.2) is 4.98 Å². The fourth-order valence-corrected chi connectivity index (χ4v) is 2.47. The lowest BCUT2D eigenvalue weighted by Gasteiger charge is -2.13. The summed E-state index contributed by atoms with van der Waals surface area (Å²) in [6.07, 6.45) is -4.43. The molecule has 6 heteroatoms. The van der Waals surface area contributed by atoms with Gasteiger partial charge in [0.1, 0.15) is 23.2 Å². The van der Waals surface area contributed by atoms with Gasteiger partial charge in [0.2, 0.25) is 0 Å². The topological polar surface area (TPSA) is 22.1 Å². The van der Waals surface area contributed by atoms with Crippen LogP contribution in [0.4, 0.5) is 13.2 Å². The molecule has 0 aliphatic heterocycles. The van der Waals surface area contributed by atoms with Crippen LogP contribution in [0, 0.1) is 0 Å². The van der Waals surface area contributed by atoms with E-state index >= 15 is 0 Å². The van der Waals surface area contributed by atoms with Crippen LogP contribution in [0.3, 0.4) is 0 Å². The molecule has 0 amide bonds. The molecule has 2 nitrogen and oxygen atoms in total. The van der Waals surface area contributed by atoms with Gasteiger partial charge in [0.15, 0.2) is 0 Å². The van der Waals surface area contributed by atoms with Crippen molar-refractivity contribution in [1.29, 1.82) is 0 Å². The Hall–Kier alpha value is -2.53. The number of rotatable bonds is 4. The molecule has 0 bridgehead atoms. The van der Waals surface area contributed by atoms with Crippen molar-refractivity contribution in [3.05, 3.63) is 83.0 Å². The van der Waals surface area contributed by atoms with Crippen molar-refractivity contribution in [2.45, 2.75) is 12.8 Å². The second-order valence-electron chi connectivity index (χ2n) is 5.33. The summed E-state index contributed by atoms with van der Waals surface area (Å²) in [5.41, 5.74) is 0.753. The van der Waals surface area contributed by atoms with Crippen molar-refractivity contribution in [2.24, 2.45) is 0 Å². The highest BCUT2D eigenvalue weighted by molar-refractivity contribution is 6.29. The van der Waals surface area contributed by atoms with E-state index in [0.29, 0.717) is 11.3 Å². The van der Waals surface area contributed by atoms with E-state index in [4.69, 9.17) is 16.3 Å². The molecule has 3 aromatic rings. The van der Waals surface area contributed by atoms with Crippen molar-refractivity contribution in [2.75, 3.05) is 0 Å². The summed E-state index contributed by atoms with van der Waals surface area (Å²) >= 11 is 5.92. The molecule has 3 rings (SSSR count). The third-order valence-corrected chi connectivity index (χ3v) is 3.74. The number of ether oxygens (including phenoxy) is 1. The first-order chi connectivity index (χ1) is 11.9. The van der Waals surface area contributed by atoms with Crippen LogP contribution in [0.25, 0.3) is 11.3 Å². The Morgan fingerprint density at radius 2 is 1.68 bits per heavy atom. The molecule has 0 saturated carbocycles. The highest BCUT2D eigenvalue weighted by Gasteiger charge is 2.30. The van der Waals surface area contributed by atoms with E-state index < -0.39 is 11.7 Å². The summed E-state index contributed by atoms with van der Waals surface area (Å²) < 4.78 is 44.6. The molecule has 0 N–H and O–H groups in total. The quantitative estimate of drug-likeness (QED) is 0.530. The Balaban J connectivity index is 1.94. The second-order valence-corrected chi connectivity index (χ2v) is 5.72. The van der Waals surface area contributed by atoms with Gasteiger partial charge in [-0.05, 0) is 29.8 Å². The van der Waals surface area contributed by atoms with Gasteiger partial charge >= 0.3 is 6.18 Å². The van der Waals surface area contributed by atoms with Gasteiger partial charge in [-0.15, -0.1) is 0 Å². The molecule has 0 spiro atoms. The largest absolute Gasteiger partial charge is 0.487 e. The van der Waals surface area contributed by atoms with Gasteiger partial charge in [0, 0.05) is 5.56 Å². The Labute approximate surface area is 147 Å². The van der Waals surface area contributed by atoms with Crippen LogP contribution in [-0.4, -0.2) is 4.98 Å². The molecule has 25 heavy (non-hydrogen) atoms. The lowest BCUT2D eigenvalue weighted by molar-refractivity contribution is -0.137. The summed E-state index contributed by atoms with van der Waals surface area (Å²) in [5.74, 6) is 0.368. The van der Waals surface area contributed by atoms with Crippen LogP contribution in [0.2, 0.25) is 5.15 Å². The maximum atomic E-state index is 13.0. The minimum absolute atomic E-state index is 0.180. The van der Waals surface area contributed by atoms with Crippen LogP contribution in [0.1, 0.15) is 11.1 Å². The van der Waals surface area contributed by atoms with Crippen molar-refractivity contribution in [3.8, 4) is 17.0 Å². The molecule has 0 aliphatic rings. The van der Waals surface area contributed by atoms with Crippen LogP contribution in [0.5, 0.6) is 5.75 Å². The molecule has 0 fully saturated rings. The molecule has 0 atom stereocenters. The van der Waals surface area contributed by atoms with Gasteiger partial charge in [-0.3, -0.25) is 0 Å². The van der Waals surface area contributed by atoms with E-state index in [0.717, 1.165) is 17.7 Å². The zero-order chi connectivity index (χ0) is 17.9. The number of pyridine rings is 1. The third-order valence-electron chi connectivity index (χ3n) is 3.52. The molecule has 1 heterocycles. The van der Waals surface area contributed by atoms with Crippen LogP contribution < -0.4 is 4.74 Å². The molecule has 128 valence electrons. The second kappa shape index (κ2) is 7.15. The lowest BCUT2D eigenvalue weighted by atomic mass is 10.1. The average Bonchev–Trinajstić information content (AvgIpc) is 2.61. The third kappa shape index (κ3) is 4.31. The summed E-state index contributed by atoms with van der Waals surface area (Å²) in [5, 5.41) is 0.180. The molecule has 1 aromatic heterocycles.